The highest BCUT2D eigenvalue weighted by Crippen LogP contribution is 2.32. The first-order valence-electron chi connectivity index (χ1n) is 8.78. The molecule has 1 aromatic heterocycles. The van der Waals surface area contributed by atoms with Gasteiger partial charge >= 0.3 is 5.63 Å². The van der Waals surface area contributed by atoms with Crippen molar-refractivity contribution in [1.82, 2.24) is 0 Å². The van der Waals surface area contributed by atoms with Crippen molar-refractivity contribution in [1.29, 1.82) is 0 Å². The fourth-order valence-corrected chi connectivity index (χ4v) is 3.62. The van der Waals surface area contributed by atoms with Crippen molar-refractivity contribution >= 4 is 21.7 Å². The standard InChI is InChI=1S/C21H22O4/c1-13-3-5-17-16-6-4-15(12-18(16)20(22)25-19(17)11-13)24-14-7-9-21(2,23)10-8-14/h3-6,11-12,14,23H,7-10H2,1-2H3. The van der Waals surface area contributed by atoms with E-state index in [1.54, 1.807) is 6.07 Å². The predicted molar refractivity (Wildman–Crippen MR) is 98.2 cm³/mol. The zero-order valence-electron chi connectivity index (χ0n) is 14.5. The number of fused-ring (bicyclic) bond motifs is 3. The first-order chi connectivity index (χ1) is 11.9. The van der Waals surface area contributed by atoms with Gasteiger partial charge in [0.05, 0.1) is 17.1 Å². The molecule has 0 aliphatic heterocycles. The van der Waals surface area contributed by atoms with Crippen LogP contribution in [0, 0.1) is 6.92 Å². The van der Waals surface area contributed by atoms with Crippen LogP contribution in [-0.4, -0.2) is 16.8 Å². The summed E-state index contributed by atoms with van der Waals surface area (Å²) in [5, 5.41) is 12.4. The van der Waals surface area contributed by atoms with Gasteiger partial charge in [0.1, 0.15) is 11.3 Å². The molecule has 3 aromatic rings. The molecule has 0 bridgehead atoms. The molecule has 1 fully saturated rings. The van der Waals surface area contributed by atoms with Crippen molar-refractivity contribution in [2.24, 2.45) is 0 Å². The third kappa shape index (κ3) is 3.14. The summed E-state index contributed by atoms with van der Waals surface area (Å²) in [6.45, 7) is 3.85. The van der Waals surface area contributed by atoms with Gasteiger partial charge in [0.15, 0.2) is 0 Å². The molecule has 0 saturated heterocycles. The summed E-state index contributed by atoms with van der Waals surface area (Å²) in [6.07, 6.45) is 3.18. The van der Waals surface area contributed by atoms with Gasteiger partial charge in [0, 0.05) is 10.8 Å². The number of benzene rings is 2. The summed E-state index contributed by atoms with van der Waals surface area (Å²) < 4.78 is 11.5. The fourth-order valence-electron chi connectivity index (χ4n) is 3.62. The van der Waals surface area contributed by atoms with Crippen molar-refractivity contribution < 1.29 is 14.3 Å². The van der Waals surface area contributed by atoms with Crippen LogP contribution in [0.2, 0.25) is 0 Å². The van der Waals surface area contributed by atoms with Crippen LogP contribution in [0.1, 0.15) is 38.2 Å². The summed E-state index contributed by atoms with van der Waals surface area (Å²) in [7, 11) is 0. The lowest BCUT2D eigenvalue weighted by atomic mass is 9.85. The Morgan fingerprint density at radius 3 is 2.56 bits per heavy atom. The minimum atomic E-state index is -0.582. The van der Waals surface area contributed by atoms with Crippen LogP contribution in [0.5, 0.6) is 5.75 Å². The number of ether oxygens (including phenoxy) is 1. The molecule has 0 spiro atoms. The zero-order valence-corrected chi connectivity index (χ0v) is 14.5. The summed E-state index contributed by atoms with van der Waals surface area (Å²) in [5.74, 6) is 0.679. The van der Waals surface area contributed by atoms with E-state index in [1.165, 1.54) is 0 Å². The summed E-state index contributed by atoms with van der Waals surface area (Å²) in [5.41, 5.74) is 0.746. The second-order valence-corrected chi connectivity index (χ2v) is 7.41. The maximum atomic E-state index is 12.4. The topological polar surface area (TPSA) is 59.7 Å². The number of rotatable bonds is 2. The fraction of sp³-hybridized carbons (Fsp3) is 0.381. The Balaban J connectivity index is 1.69. The average molecular weight is 338 g/mol. The third-order valence-corrected chi connectivity index (χ3v) is 5.15. The van der Waals surface area contributed by atoms with E-state index in [1.807, 2.05) is 44.2 Å². The highest BCUT2D eigenvalue weighted by Gasteiger charge is 2.29. The van der Waals surface area contributed by atoms with Gasteiger partial charge in [-0.15, -0.1) is 0 Å². The molecule has 1 saturated carbocycles. The summed E-state index contributed by atoms with van der Waals surface area (Å²) in [6, 6.07) is 11.5. The maximum absolute atomic E-state index is 12.4. The van der Waals surface area contributed by atoms with Crippen LogP contribution in [0.25, 0.3) is 21.7 Å². The lowest BCUT2D eigenvalue weighted by molar-refractivity contribution is -0.0108. The van der Waals surface area contributed by atoms with Gasteiger partial charge in [-0.2, -0.15) is 0 Å². The highest BCUT2D eigenvalue weighted by atomic mass is 16.5. The lowest BCUT2D eigenvalue weighted by Crippen LogP contribution is -2.34. The van der Waals surface area contributed by atoms with E-state index < -0.39 is 5.60 Å². The number of hydrogen-bond donors (Lipinski definition) is 1. The third-order valence-electron chi connectivity index (χ3n) is 5.15. The normalized spacial score (nSPS) is 23.9. The van der Waals surface area contributed by atoms with Crippen LogP contribution in [-0.2, 0) is 0 Å². The molecule has 1 aliphatic rings. The predicted octanol–water partition coefficient (Wildman–Crippen LogP) is 4.33. The SMILES string of the molecule is Cc1ccc2c(c1)oc(=O)c1cc(OC3CCC(C)(O)CC3)ccc12. The summed E-state index contributed by atoms with van der Waals surface area (Å²) in [4.78, 5) is 12.4. The first kappa shape index (κ1) is 16.2. The molecule has 4 nitrogen and oxygen atoms in total. The van der Waals surface area contributed by atoms with Gasteiger partial charge in [0.25, 0.3) is 0 Å². The molecule has 130 valence electrons. The monoisotopic (exact) mass is 338 g/mol. The summed E-state index contributed by atoms with van der Waals surface area (Å²) >= 11 is 0. The van der Waals surface area contributed by atoms with Crippen molar-refractivity contribution in [2.45, 2.75) is 51.2 Å². The van der Waals surface area contributed by atoms with Crippen LogP contribution < -0.4 is 10.4 Å². The average Bonchev–Trinajstić information content (AvgIpc) is 2.57. The molecule has 0 unspecified atom stereocenters. The van der Waals surface area contributed by atoms with Crippen molar-refractivity contribution in [3.63, 3.8) is 0 Å². The molecule has 2 aromatic carbocycles. The first-order valence-corrected chi connectivity index (χ1v) is 8.78. The van der Waals surface area contributed by atoms with Crippen molar-refractivity contribution in [3.8, 4) is 5.75 Å². The van der Waals surface area contributed by atoms with E-state index in [0.717, 1.165) is 42.0 Å². The Hall–Kier alpha value is -2.33. The van der Waals surface area contributed by atoms with E-state index in [0.29, 0.717) is 16.7 Å². The second kappa shape index (κ2) is 5.88. The number of aryl methyl sites for hydroxylation is 1. The Kier molecular flexibility index (Phi) is 3.80. The minimum Gasteiger partial charge on any atom is -0.490 e. The number of aliphatic hydroxyl groups is 1. The Morgan fingerprint density at radius 2 is 1.80 bits per heavy atom. The van der Waals surface area contributed by atoms with Gasteiger partial charge in [0.2, 0.25) is 0 Å². The highest BCUT2D eigenvalue weighted by molar-refractivity contribution is 6.04. The van der Waals surface area contributed by atoms with Gasteiger partial charge in [-0.3, -0.25) is 0 Å². The van der Waals surface area contributed by atoms with E-state index in [2.05, 4.69) is 0 Å². The zero-order chi connectivity index (χ0) is 17.6. The molecule has 1 aliphatic carbocycles. The van der Waals surface area contributed by atoms with E-state index in [9.17, 15) is 9.90 Å². The number of hydrogen-bond acceptors (Lipinski definition) is 4. The molecule has 25 heavy (non-hydrogen) atoms. The van der Waals surface area contributed by atoms with Gasteiger partial charge in [-0.1, -0.05) is 12.1 Å². The van der Waals surface area contributed by atoms with Crippen LogP contribution in [0.15, 0.2) is 45.6 Å². The quantitative estimate of drug-likeness (QED) is 0.558. The lowest BCUT2D eigenvalue weighted by Gasteiger charge is -2.33. The van der Waals surface area contributed by atoms with E-state index in [-0.39, 0.29) is 11.7 Å². The molecular weight excluding hydrogens is 316 g/mol. The van der Waals surface area contributed by atoms with Crippen molar-refractivity contribution in [3.05, 3.63) is 52.4 Å². The van der Waals surface area contributed by atoms with Crippen LogP contribution in [0.4, 0.5) is 0 Å². The maximum Gasteiger partial charge on any atom is 0.344 e. The minimum absolute atomic E-state index is 0.0767. The smallest absolute Gasteiger partial charge is 0.344 e. The van der Waals surface area contributed by atoms with Gasteiger partial charge < -0.3 is 14.3 Å². The van der Waals surface area contributed by atoms with Crippen LogP contribution >= 0.6 is 0 Å². The Bertz CT molecular complexity index is 990. The molecule has 1 N–H and O–H groups in total. The van der Waals surface area contributed by atoms with Crippen LogP contribution in [0.3, 0.4) is 0 Å². The molecule has 0 radical (unpaired) electrons. The van der Waals surface area contributed by atoms with Gasteiger partial charge in [-0.25, -0.2) is 4.79 Å². The Labute approximate surface area is 146 Å². The van der Waals surface area contributed by atoms with E-state index in [4.69, 9.17) is 9.15 Å². The molecule has 4 heteroatoms. The molecule has 1 heterocycles. The molecule has 4 rings (SSSR count). The van der Waals surface area contributed by atoms with Gasteiger partial charge in [-0.05, 0) is 69.4 Å². The van der Waals surface area contributed by atoms with Crippen molar-refractivity contribution in [2.75, 3.05) is 0 Å². The van der Waals surface area contributed by atoms with E-state index >= 15 is 0 Å². The largest absolute Gasteiger partial charge is 0.490 e. The molecule has 0 amide bonds. The molecule has 0 atom stereocenters. The molecular formula is C21H22O4. The second-order valence-electron chi connectivity index (χ2n) is 7.41. The Morgan fingerprint density at radius 1 is 1.08 bits per heavy atom.